The molecule has 1 aromatic rings. The summed E-state index contributed by atoms with van der Waals surface area (Å²) in [5.74, 6) is 6.53. The molecule has 0 heteroatoms. The van der Waals surface area contributed by atoms with E-state index in [1.54, 1.807) is 0 Å². The first kappa shape index (κ1) is 13.8. The highest BCUT2D eigenvalue weighted by atomic mass is 13.9. The minimum atomic E-state index is 0.899. The Morgan fingerprint density at radius 2 is 1.53 bits per heavy atom. The van der Waals surface area contributed by atoms with Crippen molar-refractivity contribution in [1.82, 2.24) is 0 Å². The van der Waals surface area contributed by atoms with Gasteiger partial charge < -0.3 is 0 Å². The molecular weight excluding hydrogens is 204 g/mol. The number of hydrogen-bond donors (Lipinski definition) is 0. The lowest BCUT2D eigenvalue weighted by molar-refractivity contribution is 0.614. The molecule has 0 radical (unpaired) electrons. The number of rotatable bonds is 7. The second kappa shape index (κ2) is 9.97. The average molecular weight is 228 g/mol. The molecule has 0 fully saturated rings. The fraction of sp³-hybridized carbons (Fsp3) is 0.529. The minimum Gasteiger partial charge on any atom is -0.103 e. The van der Waals surface area contributed by atoms with Crippen LogP contribution >= 0.6 is 0 Å². The SMILES string of the molecule is CCCCCCCCC#CCc1ccccc1. The van der Waals surface area contributed by atoms with Gasteiger partial charge in [-0.25, -0.2) is 0 Å². The van der Waals surface area contributed by atoms with Crippen LogP contribution in [0.15, 0.2) is 30.3 Å². The zero-order valence-corrected chi connectivity index (χ0v) is 11.0. The number of benzene rings is 1. The second-order valence-corrected chi connectivity index (χ2v) is 4.53. The molecule has 0 spiro atoms. The van der Waals surface area contributed by atoms with Gasteiger partial charge in [-0.1, -0.05) is 75.3 Å². The summed E-state index contributed by atoms with van der Waals surface area (Å²) < 4.78 is 0. The van der Waals surface area contributed by atoms with E-state index in [9.17, 15) is 0 Å². The van der Waals surface area contributed by atoms with Crippen molar-refractivity contribution in [3.05, 3.63) is 35.9 Å². The first-order valence-electron chi connectivity index (χ1n) is 6.93. The van der Waals surface area contributed by atoms with Crippen LogP contribution in [0.2, 0.25) is 0 Å². The maximum atomic E-state index is 3.27. The highest BCUT2D eigenvalue weighted by Gasteiger charge is 1.88. The molecule has 1 rings (SSSR count). The smallest absolute Gasteiger partial charge is 0.0340 e. The van der Waals surface area contributed by atoms with Crippen molar-refractivity contribution < 1.29 is 0 Å². The summed E-state index contributed by atoms with van der Waals surface area (Å²) in [5, 5.41) is 0. The number of hydrogen-bond acceptors (Lipinski definition) is 0. The lowest BCUT2D eigenvalue weighted by atomic mass is 10.1. The van der Waals surface area contributed by atoms with Crippen LogP contribution in [0.3, 0.4) is 0 Å². The van der Waals surface area contributed by atoms with Crippen molar-refractivity contribution in [2.45, 2.75) is 58.3 Å². The summed E-state index contributed by atoms with van der Waals surface area (Å²) in [6.07, 6.45) is 10.1. The Hall–Kier alpha value is -1.22. The van der Waals surface area contributed by atoms with Crippen molar-refractivity contribution in [1.29, 1.82) is 0 Å². The average Bonchev–Trinajstić information content (AvgIpc) is 2.38. The fourth-order valence-electron chi connectivity index (χ4n) is 1.84. The van der Waals surface area contributed by atoms with Crippen molar-refractivity contribution in [3.8, 4) is 11.8 Å². The Labute approximate surface area is 106 Å². The van der Waals surface area contributed by atoms with E-state index in [1.807, 2.05) is 6.07 Å². The molecule has 0 bridgehead atoms. The third-order valence-electron chi connectivity index (χ3n) is 2.92. The Bertz CT molecular complexity index is 326. The molecule has 0 N–H and O–H groups in total. The zero-order chi connectivity index (χ0) is 12.2. The maximum Gasteiger partial charge on any atom is 0.0340 e. The van der Waals surface area contributed by atoms with Gasteiger partial charge in [-0.3, -0.25) is 0 Å². The lowest BCUT2D eigenvalue weighted by Gasteiger charge is -1.96. The maximum absolute atomic E-state index is 3.27. The Balaban J connectivity index is 2.00. The molecule has 0 aliphatic rings. The summed E-state index contributed by atoms with van der Waals surface area (Å²) in [6.45, 7) is 2.26. The van der Waals surface area contributed by atoms with E-state index >= 15 is 0 Å². The van der Waals surface area contributed by atoms with Crippen molar-refractivity contribution in [2.75, 3.05) is 0 Å². The van der Waals surface area contributed by atoms with Gasteiger partial charge in [0, 0.05) is 12.8 Å². The van der Waals surface area contributed by atoms with Crippen molar-refractivity contribution in [2.24, 2.45) is 0 Å². The van der Waals surface area contributed by atoms with Gasteiger partial charge >= 0.3 is 0 Å². The van der Waals surface area contributed by atoms with Crippen LogP contribution in [0.1, 0.15) is 57.4 Å². The van der Waals surface area contributed by atoms with E-state index in [1.165, 1.54) is 44.1 Å². The summed E-state index contributed by atoms with van der Waals surface area (Å²) in [5.41, 5.74) is 1.32. The van der Waals surface area contributed by atoms with E-state index < -0.39 is 0 Å². The van der Waals surface area contributed by atoms with Gasteiger partial charge in [0.25, 0.3) is 0 Å². The molecule has 0 nitrogen and oxygen atoms in total. The van der Waals surface area contributed by atoms with Crippen molar-refractivity contribution in [3.63, 3.8) is 0 Å². The molecule has 0 amide bonds. The van der Waals surface area contributed by atoms with Gasteiger partial charge in [-0.05, 0) is 12.0 Å². The highest BCUT2D eigenvalue weighted by molar-refractivity contribution is 5.20. The van der Waals surface area contributed by atoms with Gasteiger partial charge in [0.2, 0.25) is 0 Å². The van der Waals surface area contributed by atoms with Crippen LogP contribution in [0.25, 0.3) is 0 Å². The first-order valence-corrected chi connectivity index (χ1v) is 6.93. The molecule has 0 heterocycles. The fourth-order valence-corrected chi connectivity index (χ4v) is 1.84. The summed E-state index contributed by atoms with van der Waals surface area (Å²) in [6, 6.07) is 10.5. The van der Waals surface area contributed by atoms with Crippen LogP contribution < -0.4 is 0 Å². The molecule has 0 saturated heterocycles. The van der Waals surface area contributed by atoms with Crippen LogP contribution in [-0.4, -0.2) is 0 Å². The molecule has 92 valence electrons. The standard InChI is InChI=1S/C17H24/c1-2-3-4-5-6-7-8-9-11-14-17-15-12-10-13-16-17/h10,12-13,15-16H,2-8,14H2,1H3. The van der Waals surface area contributed by atoms with Gasteiger partial charge in [-0.2, -0.15) is 0 Å². The quantitative estimate of drug-likeness (QED) is 0.456. The molecule has 0 aliphatic carbocycles. The minimum absolute atomic E-state index is 0.899. The topological polar surface area (TPSA) is 0 Å². The second-order valence-electron chi connectivity index (χ2n) is 4.53. The zero-order valence-electron chi connectivity index (χ0n) is 11.0. The summed E-state index contributed by atoms with van der Waals surface area (Å²) >= 11 is 0. The predicted molar refractivity (Wildman–Crippen MR) is 75.9 cm³/mol. The lowest BCUT2D eigenvalue weighted by Crippen LogP contribution is -1.80. The van der Waals surface area contributed by atoms with Crippen LogP contribution in [0.4, 0.5) is 0 Å². The molecule has 0 atom stereocenters. The van der Waals surface area contributed by atoms with Crippen molar-refractivity contribution >= 4 is 0 Å². The normalized spacial score (nSPS) is 9.71. The monoisotopic (exact) mass is 228 g/mol. The van der Waals surface area contributed by atoms with Gasteiger partial charge in [0.05, 0.1) is 0 Å². The molecule has 0 aliphatic heterocycles. The molecule has 0 aromatic heterocycles. The van der Waals surface area contributed by atoms with E-state index in [-0.39, 0.29) is 0 Å². The van der Waals surface area contributed by atoms with E-state index in [4.69, 9.17) is 0 Å². The first-order chi connectivity index (χ1) is 8.43. The third-order valence-corrected chi connectivity index (χ3v) is 2.92. The van der Waals surface area contributed by atoms with Gasteiger partial charge in [-0.15, -0.1) is 5.92 Å². The molecule has 17 heavy (non-hydrogen) atoms. The van der Waals surface area contributed by atoms with Crippen LogP contribution in [-0.2, 0) is 6.42 Å². The van der Waals surface area contributed by atoms with Crippen LogP contribution in [0, 0.1) is 11.8 Å². The van der Waals surface area contributed by atoms with Crippen LogP contribution in [0.5, 0.6) is 0 Å². The molecular formula is C17H24. The Kier molecular flexibility index (Phi) is 8.12. The predicted octanol–water partition coefficient (Wildman–Crippen LogP) is 4.98. The van der Waals surface area contributed by atoms with Gasteiger partial charge in [0.15, 0.2) is 0 Å². The third kappa shape index (κ3) is 7.64. The Morgan fingerprint density at radius 3 is 2.29 bits per heavy atom. The van der Waals surface area contributed by atoms with E-state index in [0.29, 0.717) is 0 Å². The molecule has 1 aromatic carbocycles. The molecule has 0 saturated carbocycles. The highest BCUT2D eigenvalue weighted by Crippen LogP contribution is 2.06. The van der Waals surface area contributed by atoms with E-state index in [0.717, 1.165) is 12.8 Å². The molecule has 0 unspecified atom stereocenters. The number of unbranched alkanes of at least 4 members (excludes halogenated alkanes) is 6. The summed E-state index contributed by atoms with van der Waals surface area (Å²) in [4.78, 5) is 0. The Morgan fingerprint density at radius 1 is 0.824 bits per heavy atom. The van der Waals surface area contributed by atoms with E-state index in [2.05, 4.69) is 43.0 Å². The largest absolute Gasteiger partial charge is 0.103 e. The summed E-state index contributed by atoms with van der Waals surface area (Å²) in [7, 11) is 0. The van der Waals surface area contributed by atoms with Gasteiger partial charge in [0.1, 0.15) is 0 Å².